The van der Waals surface area contributed by atoms with Crippen LogP contribution in [0.1, 0.15) is 49.0 Å². The molecule has 0 saturated carbocycles. The first kappa shape index (κ1) is 21.2. The third-order valence-corrected chi connectivity index (χ3v) is 8.01. The number of rotatable bonds is 5. The van der Waals surface area contributed by atoms with Gasteiger partial charge in [-0.2, -0.15) is 0 Å². The number of aryl methyl sites for hydroxylation is 1. The summed E-state index contributed by atoms with van der Waals surface area (Å²) >= 11 is 1.87. The van der Waals surface area contributed by atoms with Crippen LogP contribution in [0.25, 0.3) is 0 Å². The maximum absolute atomic E-state index is 12.8. The van der Waals surface area contributed by atoms with Gasteiger partial charge in [0.15, 0.2) is 0 Å². The fourth-order valence-corrected chi connectivity index (χ4v) is 5.68. The smallest absolute Gasteiger partial charge is 0.251 e. The van der Waals surface area contributed by atoms with Gasteiger partial charge in [-0.3, -0.25) is 4.79 Å². The van der Waals surface area contributed by atoms with Crippen LogP contribution < -0.4 is 10.0 Å². The third-order valence-electron chi connectivity index (χ3n) is 5.65. The molecule has 0 bridgehead atoms. The van der Waals surface area contributed by atoms with E-state index in [1.807, 2.05) is 55.1 Å². The van der Waals surface area contributed by atoms with Crippen molar-refractivity contribution in [3.8, 4) is 0 Å². The van der Waals surface area contributed by atoms with E-state index in [1.165, 1.54) is 10.5 Å². The molecule has 0 spiro atoms. The number of fused-ring (bicyclic) bond motifs is 1. The number of amides is 1. The van der Waals surface area contributed by atoms with Crippen LogP contribution in [0.5, 0.6) is 0 Å². The van der Waals surface area contributed by atoms with Gasteiger partial charge in [-0.05, 0) is 80.2 Å². The molecule has 0 radical (unpaired) electrons. The molecular weight excluding hydrogens is 412 g/mol. The van der Waals surface area contributed by atoms with Crippen LogP contribution >= 0.6 is 11.8 Å². The minimum Gasteiger partial charge on any atom is -0.343 e. The van der Waals surface area contributed by atoms with Crippen molar-refractivity contribution in [3.05, 3.63) is 76.4 Å². The highest BCUT2D eigenvalue weighted by Gasteiger charge is 2.27. The van der Waals surface area contributed by atoms with E-state index in [9.17, 15) is 9.00 Å². The highest BCUT2D eigenvalue weighted by molar-refractivity contribution is 7.99. The predicted molar refractivity (Wildman–Crippen MR) is 125 cm³/mol. The molecule has 4 rings (SSSR count). The fraction of sp³-hybridized carbons (Fsp3) is 0.375. The van der Waals surface area contributed by atoms with Crippen LogP contribution in [-0.2, 0) is 17.4 Å². The maximum Gasteiger partial charge on any atom is 0.251 e. The highest BCUT2D eigenvalue weighted by Crippen LogP contribution is 2.31. The Morgan fingerprint density at radius 1 is 1.27 bits per heavy atom. The van der Waals surface area contributed by atoms with E-state index in [0.29, 0.717) is 17.9 Å². The summed E-state index contributed by atoms with van der Waals surface area (Å²) in [5.41, 5.74) is 2.38. The van der Waals surface area contributed by atoms with Crippen LogP contribution in [0, 0.1) is 5.92 Å². The number of carbonyl (C=O) groups excluding carboxylic acids is 1. The zero-order valence-corrected chi connectivity index (χ0v) is 19.1. The Morgan fingerprint density at radius 2 is 2.13 bits per heavy atom. The monoisotopic (exact) mass is 440 g/mol. The summed E-state index contributed by atoms with van der Waals surface area (Å²) in [6, 6.07) is 6.00. The van der Waals surface area contributed by atoms with Crippen LogP contribution in [0.2, 0.25) is 0 Å². The Hall–Kier alpha value is -2.05. The average Bonchev–Trinajstić information content (AvgIpc) is 2.75. The van der Waals surface area contributed by atoms with Crippen molar-refractivity contribution >= 4 is 28.7 Å². The number of hydrogen-bond acceptors (Lipinski definition) is 3. The lowest BCUT2D eigenvalue weighted by Crippen LogP contribution is -2.45. The summed E-state index contributed by atoms with van der Waals surface area (Å²) in [4.78, 5) is 14.9. The molecular formula is C24H28N2O2S2. The minimum absolute atomic E-state index is 0.0664. The van der Waals surface area contributed by atoms with E-state index in [4.69, 9.17) is 0 Å². The molecule has 1 aromatic rings. The number of benzene rings is 1. The second-order valence-electron chi connectivity index (χ2n) is 8.39. The first-order chi connectivity index (χ1) is 14.4. The van der Waals surface area contributed by atoms with Gasteiger partial charge in [-0.1, -0.05) is 31.2 Å². The van der Waals surface area contributed by atoms with Crippen molar-refractivity contribution in [2.45, 2.75) is 50.0 Å². The molecule has 0 aromatic heterocycles. The number of carbonyl (C=O) groups is 1. The maximum atomic E-state index is 12.8. The van der Waals surface area contributed by atoms with Crippen molar-refractivity contribution in [1.82, 2.24) is 10.0 Å². The Balaban J connectivity index is 1.37. The van der Waals surface area contributed by atoms with Crippen LogP contribution in [0.3, 0.4) is 0 Å². The first-order valence-corrected chi connectivity index (χ1v) is 12.6. The summed E-state index contributed by atoms with van der Waals surface area (Å²) in [6.07, 6.45) is 15.7. The van der Waals surface area contributed by atoms with Crippen molar-refractivity contribution in [2.24, 2.45) is 5.92 Å². The molecule has 1 aliphatic heterocycles. The molecule has 0 saturated heterocycles. The van der Waals surface area contributed by atoms with Crippen LogP contribution in [-0.4, -0.2) is 21.4 Å². The highest BCUT2D eigenvalue weighted by atomic mass is 32.2. The van der Waals surface area contributed by atoms with Gasteiger partial charge in [-0.25, -0.2) is 4.21 Å². The molecule has 1 heterocycles. The van der Waals surface area contributed by atoms with E-state index in [-0.39, 0.29) is 5.91 Å². The van der Waals surface area contributed by atoms with Gasteiger partial charge in [0.05, 0.1) is 10.4 Å². The molecule has 4 nitrogen and oxygen atoms in total. The Bertz CT molecular complexity index is 993. The Morgan fingerprint density at radius 3 is 2.87 bits per heavy atom. The molecule has 1 amide bonds. The zero-order valence-electron chi connectivity index (χ0n) is 17.4. The number of nitrogens with one attached hydrogen (secondary N) is 2. The molecule has 3 aliphatic rings. The summed E-state index contributed by atoms with van der Waals surface area (Å²) in [6.45, 7) is 4.15. The van der Waals surface area contributed by atoms with Crippen LogP contribution in [0.4, 0.5) is 0 Å². The SMILES string of the molecule is CC1C=CC(NS(=O)C2=CCC(C)(NC(=O)c3ccc4c(c3)CCCS4)C=C2)=CC1. The summed E-state index contributed by atoms with van der Waals surface area (Å²) in [5.74, 6) is 1.61. The first-order valence-electron chi connectivity index (χ1n) is 10.5. The molecule has 0 fully saturated rings. The molecule has 2 aliphatic carbocycles. The van der Waals surface area contributed by atoms with E-state index in [0.717, 1.165) is 35.6 Å². The number of hydrogen-bond donors (Lipinski definition) is 2. The van der Waals surface area contributed by atoms with Gasteiger partial charge in [-0.15, -0.1) is 11.8 Å². The lowest BCUT2D eigenvalue weighted by atomic mass is 9.93. The fourth-order valence-electron chi connectivity index (χ4n) is 3.75. The summed E-state index contributed by atoms with van der Waals surface area (Å²) < 4.78 is 15.7. The van der Waals surface area contributed by atoms with Gasteiger partial charge in [0, 0.05) is 16.2 Å². The zero-order chi connectivity index (χ0) is 21.1. The minimum atomic E-state index is -1.31. The molecule has 30 heavy (non-hydrogen) atoms. The molecule has 6 heteroatoms. The van der Waals surface area contributed by atoms with Gasteiger partial charge in [0.25, 0.3) is 5.91 Å². The molecule has 3 atom stereocenters. The second kappa shape index (κ2) is 8.98. The second-order valence-corrected chi connectivity index (χ2v) is 10.7. The van der Waals surface area contributed by atoms with E-state index in [1.54, 1.807) is 0 Å². The summed E-state index contributed by atoms with van der Waals surface area (Å²) in [7, 11) is -1.31. The van der Waals surface area contributed by atoms with Crippen molar-refractivity contribution in [2.75, 3.05) is 5.75 Å². The summed E-state index contributed by atoms with van der Waals surface area (Å²) in [5, 5.41) is 3.15. The van der Waals surface area contributed by atoms with E-state index in [2.05, 4.69) is 35.2 Å². The van der Waals surface area contributed by atoms with Gasteiger partial charge in [0.1, 0.15) is 11.0 Å². The van der Waals surface area contributed by atoms with Crippen molar-refractivity contribution in [1.29, 1.82) is 0 Å². The predicted octanol–water partition coefficient (Wildman–Crippen LogP) is 4.79. The number of thioether (sulfide) groups is 1. The average molecular weight is 441 g/mol. The molecule has 158 valence electrons. The molecule has 1 aromatic carbocycles. The Kier molecular flexibility index (Phi) is 6.34. The normalized spacial score (nSPS) is 26.3. The van der Waals surface area contributed by atoms with Crippen LogP contribution in [0.15, 0.2) is 70.2 Å². The van der Waals surface area contributed by atoms with Gasteiger partial charge >= 0.3 is 0 Å². The van der Waals surface area contributed by atoms with Gasteiger partial charge < -0.3 is 10.0 Å². The Labute approximate surface area is 185 Å². The van der Waals surface area contributed by atoms with Crippen molar-refractivity contribution in [3.63, 3.8) is 0 Å². The largest absolute Gasteiger partial charge is 0.343 e. The van der Waals surface area contributed by atoms with Gasteiger partial charge in [0.2, 0.25) is 0 Å². The standard InChI is InChI=1S/C24H28N2O2S2/c1-17-5-8-20(9-6-17)26-30(28)21-11-13-24(2,14-12-21)25-23(27)19-7-10-22-18(16-19)4-3-15-29-22/h5,7-13,16-17,26H,3-4,6,14-15H2,1-2H3,(H,25,27). The lowest BCUT2D eigenvalue weighted by molar-refractivity contribution is 0.0922. The van der Waals surface area contributed by atoms with E-state index < -0.39 is 16.5 Å². The lowest BCUT2D eigenvalue weighted by Gasteiger charge is -2.29. The molecule has 2 N–H and O–H groups in total. The quantitative estimate of drug-likeness (QED) is 0.692. The van der Waals surface area contributed by atoms with E-state index >= 15 is 0 Å². The topological polar surface area (TPSA) is 58.2 Å². The third kappa shape index (κ3) is 4.98. The number of allylic oxidation sites excluding steroid dienone is 4. The molecule has 3 unspecified atom stereocenters. The van der Waals surface area contributed by atoms with Crippen molar-refractivity contribution < 1.29 is 9.00 Å².